The molecule has 294 valence electrons. The lowest BCUT2D eigenvalue weighted by atomic mass is 9.82. The molecule has 14 rings (SSSR count). The Balaban J connectivity index is 0.990. The van der Waals surface area contributed by atoms with E-state index in [1.165, 1.54) is 120 Å². The van der Waals surface area contributed by atoms with Gasteiger partial charge in [-0.1, -0.05) is 166 Å². The molecule has 13 aromatic rings. The highest BCUT2D eigenvalue weighted by Gasteiger charge is 2.36. The van der Waals surface area contributed by atoms with Crippen LogP contribution in [0.1, 0.15) is 25.0 Å². The van der Waals surface area contributed by atoms with E-state index in [2.05, 4.69) is 229 Å². The van der Waals surface area contributed by atoms with Crippen molar-refractivity contribution in [2.24, 2.45) is 0 Å². The second kappa shape index (κ2) is 12.6. The normalized spacial score (nSPS) is 13.4. The van der Waals surface area contributed by atoms with Crippen LogP contribution in [0.25, 0.3) is 120 Å². The van der Waals surface area contributed by atoms with Crippen molar-refractivity contribution in [1.29, 1.82) is 0 Å². The van der Waals surface area contributed by atoms with E-state index in [1.807, 2.05) is 0 Å². The lowest BCUT2D eigenvalue weighted by Crippen LogP contribution is -2.14. The maximum absolute atomic E-state index is 2.52. The first kappa shape index (κ1) is 34.7. The fraction of sp³-hybridized carbons (Fsp3) is 0.0492. The maximum atomic E-state index is 2.52. The van der Waals surface area contributed by atoms with Crippen molar-refractivity contribution in [1.82, 2.24) is 9.13 Å². The third-order valence-corrected chi connectivity index (χ3v) is 14.5. The van der Waals surface area contributed by atoms with Crippen LogP contribution in [0.5, 0.6) is 0 Å². The number of hydrogen-bond donors (Lipinski definition) is 0. The van der Waals surface area contributed by atoms with Crippen LogP contribution < -0.4 is 0 Å². The van der Waals surface area contributed by atoms with Gasteiger partial charge in [-0.15, -0.1) is 0 Å². The molecule has 2 heterocycles. The molecule has 0 aliphatic heterocycles. The lowest BCUT2D eigenvalue weighted by molar-refractivity contribution is 0.661. The summed E-state index contributed by atoms with van der Waals surface area (Å²) in [7, 11) is 0. The highest BCUT2D eigenvalue weighted by atomic mass is 15.0. The summed E-state index contributed by atoms with van der Waals surface area (Å²) in [4.78, 5) is 0. The van der Waals surface area contributed by atoms with Gasteiger partial charge in [-0.3, -0.25) is 0 Å². The summed E-state index contributed by atoms with van der Waals surface area (Å²) in [6.45, 7) is 4.77. The summed E-state index contributed by atoms with van der Waals surface area (Å²) in [6, 6.07) is 77.1. The second-order valence-corrected chi connectivity index (χ2v) is 18.0. The van der Waals surface area contributed by atoms with E-state index in [1.54, 1.807) is 0 Å². The Morgan fingerprint density at radius 1 is 0.302 bits per heavy atom. The van der Waals surface area contributed by atoms with Crippen molar-refractivity contribution in [3.8, 4) is 33.6 Å². The highest BCUT2D eigenvalue weighted by Crippen LogP contribution is 2.52. The molecule has 0 N–H and O–H groups in total. The van der Waals surface area contributed by atoms with Gasteiger partial charge in [0.05, 0.1) is 22.1 Å². The zero-order valence-electron chi connectivity index (χ0n) is 35.0. The van der Waals surface area contributed by atoms with Gasteiger partial charge in [0.25, 0.3) is 0 Å². The van der Waals surface area contributed by atoms with Gasteiger partial charge < -0.3 is 9.13 Å². The number of benzene rings is 11. The van der Waals surface area contributed by atoms with Crippen LogP contribution in [-0.2, 0) is 5.41 Å². The minimum atomic E-state index is -0.120. The molecule has 0 saturated heterocycles. The van der Waals surface area contributed by atoms with Crippen LogP contribution in [0.4, 0.5) is 0 Å². The van der Waals surface area contributed by atoms with Gasteiger partial charge >= 0.3 is 0 Å². The molecule has 11 aromatic carbocycles. The predicted octanol–water partition coefficient (Wildman–Crippen LogP) is 16.5. The fourth-order valence-electron chi connectivity index (χ4n) is 11.6. The largest absolute Gasteiger partial charge is 0.309 e. The molecule has 0 unspecified atom stereocenters. The van der Waals surface area contributed by atoms with Gasteiger partial charge in [0.2, 0.25) is 0 Å². The number of fused-ring (bicyclic) bond motifs is 18. The van der Waals surface area contributed by atoms with Crippen molar-refractivity contribution in [2.45, 2.75) is 19.3 Å². The standard InChI is InChI=1S/C61H40N2/c1-61(2)52-24-11-9-21-46(52)50-35-51-57(36-53(50)61)62(56-33-31-48-45-20-6-5-18-43(45)44-19-7-8-22-47(44)59(48)60(51)56)40-29-26-37(27-30-40)39-15-13-16-41(34-39)63-54-25-12-10-23-49(54)58-42-17-4-3-14-38(42)28-32-55(58)63/h3-36H,1-2H3. The smallest absolute Gasteiger partial charge is 0.0547 e. The SMILES string of the molecule is CC1(C)c2ccccc2-c2cc3c4c5c6ccccc6c6ccccc6c5ccc4n(-c4ccc(-c5cccc(-n6c7ccccc7c7c8ccccc8ccc76)c5)cc4)c3cc21. The van der Waals surface area contributed by atoms with E-state index >= 15 is 0 Å². The molecule has 0 amide bonds. The van der Waals surface area contributed by atoms with E-state index in [0.29, 0.717) is 0 Å². The number of nitrogens with zero attached hydrogens (tertiary/aromatic N) is 2. The quantitative estimate of drug-likeness (QED) is 0.158. The predicted molar refractivity (Wildman–Crippen MR) is 268 cm³/mol. The number of para-hydroxylation sites is 1. The molecule has 0 saturated carbocycles. The summed E-state index contributed by atoms with van der Waals surface area (Å²) >= 11 is 0. The molecule has 0 spiro atoms. The van der Waals surface area contributed by atoms with Crippen LogP contribution in [0.3, 0.4) is 0 Å². The summed E-state index contributed by atoms with van der Waals surface area (Å²) in [6.07, 6.45) is 0. The minimum Gasteiger partial charge on any atom is -0.309 e. The molecule has 1 aliphatic rings. The fourth-order valence-corrected chi connectivity index (χ4v) is 11.6. The van der Waals surface area contributed by atoms with Crippen LogP contribution in [0, 0.1) is 0 Å². The van der Waals surface area contributed by atoms with E-state index in [-0.39, 0.29) is 5.41 Å². The summed E-state index contributed by atoms with van der Waals surface area (Å²) < 4.78 is 4.96. The van der Waals surface area contributed by atoms with E-state index < -0.39 is 0 Å². The molecule has 1 aliphatic carbocycles. The second-order valence-electron chi connectivity index (χ2n) is 18.0. The first-order valence-corrected chi connectivity index (χ1v) is 22.1. The molecular weight excluding hydrogens is 761 g/mol. The van der Waals surface area contributed by atoms with Crippen LogP contribution >= 0.6 is 0 Å². The Morgan fingerprint density at radius 3 is 1.73 bits per heavy atom. The summed E-state index contributed by atoms with van der Waals surface area (Å²) in [5.74, 6) is 0. The van der Waals surface area contributed by atoms with Crippen LogP contribution in [-0.4, -0.2) is 9.13 Å². The zero-order chi connectivity index (χ0) is 41.6. The average molecular weight is 801 g/mol. The van der Waals surface area contributed by atoms with Crippen LogP contribution in [0.2, 0.25) is 0 Å². The first-order valence-electron chi connectivity index (χ1n) is 22.1. The van der Waals surface area contributed by atoms with E-state index in [4.69, 9.17) is 0 Å². The zero-order valence-corrected chi connectivity index (χ0v) is 35.0. The van der Waals surface area contributed by atoms with Crippen molar-refractivity contribution < 1.29 is 0 Å². The van der Waals surface area contributed by atoms with E-state index in [9.17, 15) is 0 Å². The topological polar surface area (TPSA) is 9.86 Å². The molecule has 0 fully saturated rings. The molecular formula is C61H40N2. The molecule has 2 nitrogen and oxygen atoms in total. The van der Waals surface area contributed by atoms with Crippen LogP contribution in [0.15, 0.2) is 206 Å². The highest BCUT2D eigenvalue weighted by molar-refractivity contribution is 6.35. The van der Waals surface area contributed by atoms with Crippen molar-refractivity contribution in [3.05, 3.63) is 217 Å². The van der Waals surface area contributed by atoms with Gasteiger partial charge in [0.15, 0.2) is 0 Å². The molecule has 0 radical (unpaired) electrons. The Kier molecular flexibility index (Phi) is 6.93. The lowest BCUT2D eigenvalue weighted by Gasteiger charge is -2.21. The molecule has 0 bridgehead atoms. The van der Waals surface area contributed by atoms with E-state index in [0.717, 1.165) is 11.4 Å². The minimum absolute atomic E-state index is 0.120. The Labute approximate surface area is 364 Å². The third-order valence-electron chi connectivity index (χ3n) is 14.5. The van der Waals surface area contributed by atoms with Gasteiger partial charge in [0, 0.05) is 43.7 Å². The van der Waals surface area contributed by atoms with Gasteiger partial charge in [-0.2, -0.15) is 0 Å². The van der Waals surface area contributed by atoms with Crippen molar-refractivity contribution in [2.75, 3.05) is 0 Å². The van der Waals surface area contributed by atoms with Gasteiger partial charge in [-0.05, 0) is 126 Å². The first-order chi connectivity index (χ1) is 31.0. The number of aromatic nitrogens is 2. The summed E-state index contributed by atoms with van der Waals surface area (Å²) in [5, 5.41) is 15.5. The monoisotopic (exact) mass is 800 g/mol. The Morgan fingerprint density at radius 2 is 0.921 bits per heavy atom. The average Bonchev–Trinajstić information content (AvgIpc) is 3.94. The molecule has 0 atom stereocenters. The van der Waals surface area contributed by atoms with Gasteiger partial charge in [-0.25, -0.2) is 0 Å². The molecule has 2 aromatic heterocycles. The van der Waals surface area contributed by atoms with Crippen molar-refractivity contribution in [3.63, 3.8) is 0 Å². The summed E-state index contributed by atoms with van der Waals surface area (Å²) in [5.41, 5.74) is 14.9. The Bertz CT molecular complexity index is 4070. The molecule has 2 heteroatoms. The maximum Gasteiger partial charge on any atom is 0.0547 e. The van der Waals surface area contributed by atoms with Crippen molar-refractivity contribution >= 4 is 86.7 Å². The van der Waals surface area contributed by atoms with Gasteiger partial charge in [0.1, 0.15) is 0 Å². The Hall–Kier alpha value is -7.94. The third kappa shape index (κ3) is 4.67. The molecule has 63 heavy (non-hydrogen) atoms. The number of hydrogen-bond acceptors (Lipinski definition) is 0. The number of rotatable bonds is 3.